The summed E-state index contributed by atoms with van der Waals surface area (Å²) in [6, 6.07) is 0. The normalized spacial score (nSPS) is 14.8. The first-order valence-electron chi connectivity index (χ1n) is 6.31. The van der Waals surface area contributed by atoms with Gasteiger partial charge in [0.1, 0.15) is 4.83 Å². The summed E-state index contributed by atoms with van der Waals surface area (Å²) < 4.78 is 1.50. The van der Waals surface area contributed by atoms with Crippen molar-refractivity contribution in [2.45, 2.75) is 25.7 Å². The summed E-state index contributed by atoms with van der Waals surface area (Å²) in [7, 11) is 0. The fraction of sp³-hybridized carbons (Fsp3) is 0.333. The molecule has 7 nitrogen and oxygen atoms in total. The second-order valence-corrected chi connectivity index (χ2v) is 5.92. The van der Waals surface area contributed by atoms with E-state index in [1.807, 2.05) is 0 Å². The van der Waals surface area contributed by atoms with Crippen LogP contribution in [0.5, 0.6) is 0 Å². The maximum absolute atomic E-state index is 12.2. The van der Waals surface area contributed by atoms with E-state index in [-0.39, 0.29) is 16.9 Å². The molecule has 0 aromatic carbocycles. The van der Waals surface area contributed by atoms with E-state index in [4.69, 9.17) is 5.11 Å². The van der Waals surface area contributed by atoms with E-state index in [1.54, 1.807) is 0 Å². The summed E-state index contributed by atoms with van der Waals surface area (Å²) in [5.74, 6) is -1.20. The Balaban J connectivity index is 2.18. The van der Waals surface area contributed by atoms with Crippen LogP contribution in [0.2, 0.25) is 0 Å². The lowest BCUT2D eigenvalue weighted by Gasteiger charge is -2.09. The van der Waals surface area contributed by atoms with Crippen LogP contribution < -0.4 is 5.56 Å². The molecule has 0 amide bonds. The number of aryl methyl sites for hydroxylation is 2. The van der Waals surface area contributed by atoms with Gasteiger partial charge >= 0.3 is 5.97 Å². The van der Waals surface area contributed by atoms with Crippen molar-refractivity contribution in [2.75, 3.05) is 0 Å². The van der Waals surface area contributed by atoms with Crippen molar-refractivity contribution in [3.63, 3.8) is 0 Å². The molecule has 3 aromatic heterocycles. The van der Waals surface area contributed by atoms with Crippen molar-refractivity contribution in [3.8, 4) is 0 Å². The van der Waals surface area contributed by atoms with Crippen LogP contribution in [0, 0.1) is 0 Å². The number of hydrogen-bond donors (Lipinski definition) is 2. The molecule has 0 aliphatic heterocycles. The average Bonchev–Trinajstić information content (AvgIpc) is 2.99. The van der Waals surface area contributed by atoms with Crippen LogP contribution in [0.15, 0.2) is 4.79 Å². The number of H-pyrrole nitrogens is 1. The van der Waals surface area contributed by atoms with E-state index >= 15 is 0 Å². The Hall–Kier alpha value is -2.22. The van der Waals surface area contributed by atoms with Crippen molar-refractivity contribution in [1.82, 2.24) is 19.8 Å². The van der Waals surface area contributed by atoms with E-state index in [9.17, 15) is 9.59 Å². The quantitative estimate of drug-likeness (QED) is 0.701. The zero-order valence-electron chi connectivity index (χ0n) is 10.3. The Morgan fingerprint density at radius 2 is 2.15 bits per heavy atom. The van der Waals surface area contributed by atoms with Gasteiger partial charge in [0.2, 0.25) is 5.69 Å². The molecule has 0 saturated heterocycles. The van der Waals surface area contributed by atoms with Crippen molar-refractivity contribution in [3.05, 3.63) is 26.5 Å². The number of hydrogen-bond acceptors (Lipinski definition) is 5. The highest BCUT2D eigenvalue weighted by atomic mass is 32.1. The number of carbonyl (C=O) groups is 1. The SMILES string of the molecule is O=C(O)c1n[nH]n2c1nc(=O)c1c3c(sc12)CCCC3. The topological polar surface area (TPSA) is 100 Å². The number of carboxylic acids is 1. The lowest BCUT2D eigenvalue weighted by molar-refractivity contribution is 0.0692. The molecular formula is C12H10N4O3S. The van der Waals surface area contributed by atoms with Gasteiger partial charge in [0.15, 0.2) is 5.65 Å². The molecule has 0 fully saturated rings. The molecule has 4 rings (SSSR count). The predicted octanol–water partition coefficient (Wildman–Crippen LogP) is 1.21. The summed E-state index contributed by atoms with van der Waals surface area (Å²) in [5.41, 5.74) is 0.571. The summed E-state index contributed by atoms with van der Waals surface area (Å²) in [6.45, 7) is 0. The third-order valence-corrected chi connectivity index (χ3v) is 4.94. The van der Waals surface area contributed by atoms with Gasteiger partial charge in [-0.3, -0.25) is 4.79 Å². The summed E-state index contributed by atoms with van der Waals surface area (Å²) >= 11 is 1.53. The zero-order valence-corrected chi connectivity index (χ0v) is 11.2. The van der Waals surface area contributed by atoms with Crippen molar-refractivity contribution < 1.29 is 9.90 Å². The fourth-order valence-corrected chi connectivity index (χ4v) is 4.11. The van der Waals surface area contributed by atoms with Gasteiger partial charge in [-0.05, 0) is 31.2 Å². The third-order valence-electron chi connectivity index (χ3n) is 3.67. The number of carboxylic acid groups (broad SMARTS) is 1. The molecule has 3 heterocycles. The lowest BCUT2D eigenvalue weighted by atomic mass is 9.97. The molecule has 3 aromatic rings. The standard InChI is InChI=1S/C12H10N4O3S/c17-10-7-5-3-1-2-4-6(5)20-11(7)16-9(13-10)8(12(18)19)14-15-16/h15H,1-4H2,(H,18,19). The third kappa shape index (κ3) is 1.39. The number of rotatable bonds is 1. The summed E-state index contributed by atoms with van der Waals surface area (Å²) in [6.07, 6.45) is 4.05. The minimum absolute atomic E-state index is 0.0774. The number of aromatic nitrogens is 4. The van der Waals surface area contributed by atoms with Gasteiger partial charge < -0.3 is 5.11 Å². The molecule has 2 N–H and O–H groups in total. The van der Waals surface area contributed by atoms with Crippen LogP contribution in [0.4, 0.5) is 0 Å². The van der Waals surface area contributed by atoms with E-state index in [0.717, 1.165) is 31.2 Å². The van der Waals surface area contributed by atoms with Gasteiger partial charge in [-0.1, -0.05) is 0 Å². The van der Waals surface area contributed by atoms with Crippen molar-refractivity contribution in [2.24, 2.45) is 0 Å². The number of thiophene rings is 1. The molecule has 0 bridgehead atoms. The van der Waals surface area contributed by atoms with Crippen LogP contribution >= 0.6 is 11.3 Å². The summed E-state index contributed by atoms with van der Waals surface area (Å²) in [5, 5.41) is 16.1. The summed E-state index contributed by atoms with van der Waals surface area (Å²) in [4.78, 5) is 29.2. The van der Waals surface area contributed by atoms with Gasteiger partial charge in [0.05, 0.1) is 5.39 Å². The first-order chi connectivity index (χ1) is 9.66. The van der Waals surface area contributed by atoms with Gasteiger partial charge in [-0.15, -0.1) is 16.4 Å². The smallest absolute Gasteiger partial charge is 0.360 e. The first-order valence-corrected chi connectivity index (χ1v) is 7.13. The second kappa shape index (κ2) is 3.89. The van der Waals surface area contributed by atoms with Gasteiger partial charge in [-0.2, -0.15) is 4.98 Å². The monoisotopic (exact) mass is 290 g/mol. The molecule has 0 saturated carbocycles. The molecule has 0 spiro atoms. The fourth-order valence-electron chi connectivity index (χ4n) is 2.77. The maximum Gasteiger partial charge on any atom is 0.360 e. The Morgan fingerprint density at radius 3 is 2.95 bits per heavy atom. The molecule has 8 heteroatoms. The molecule has 102 valence electrons. The minimum Gasteiger partial charge on any atom is -0.476 e. The van der Waals surface area contributed by atoms with Crippen LogP contribution in [-0.2, 0) is 12.8 Å². The van der Waals surface area contributed by atoms with E-state index in [2.05, 4.69) is 15.3 Å². The minimum atomic E-state index is -1.20. The number of fused-ring (bicyclic) bond motifs is 5. The van der Waals surface area contributed by atoms with Crippen LogP contribution in [0.3, 0.4) is 0 Å². The van der Waals surface area contributed by atoms with Gasteiger partial charge in [-0.25, -0.2) is 14.5 Å². The molecule has 1 aliphatic rings. The highest BCUT2D eigenvalue weighted by Gasteiger charge is 2.23. The molecular weight excluding hydrogens is 280 g/mol. The molecule has 0 unspecified atom stereocenters. The molecule has 20 heavy (non-hydrogen) atoms. The lowest BCUT2D eigenvalue weighted by Crippen LogP contribution is -2.12. The Bertz CT molecular complexity index is 920. The number of nitrogens with zero attached hydrogens (tertiary/aromatic N) is 3. The molecule has 1 aliphatic carbocycles. The van der Waals surface area contributed by atoms with Crippen molar-refractivity contribution in [1.29, 1.82) is 0 Å². The van der Waals surface area contributed by atoms with Crippen molar-refractivity contribution >= 4 is 33.2 Å². The Morgan fingerprint density at radius 1 is 1.35 bits per heavy atom. The van der Waals surface area contributed by atoms with Crippen LogP contribution in [0.25, 0.3) is 15.9 Å². The largest absolute Gasteiger partial charge is 0.476 e. The van der Waals surface area contributed by atoms with Gasteiger partial charge in [0.25, 0.3) is 5.56 Å². The zero-order chi connectivity index (χ0) is 13.9. The number of nitrogens with one attached hydrogen (secondary N) is 1. The molecule has 0 atom stereocenters. The highest BCUT2D eigenvalue weighted by molar-refractivity contribution is 7.18. The van der Waals surface area contributed by atoms with E-state index in [0.29, 0.717) is 10.2 Å². The first kappa shape index (κ1) is 11.6. The molecule has 0 radical (unpaired) electrons. The Kier molecular flexibility index (Phi) is 2.25. The van der Waals surface area contributed by atoms with Crippen LogP contribution in [-0.4, -0.2) is 30.9 Å². The van der Waals surface area contributed by atoms with Crippen LogP contribution in [0.1, 0.15) is 33.8 Å². The van der Waals surface area contributed by atoms with E-state index in [1.165, 1.54) is 20.7 Å². The number of aromatic amines is 1. The highest BCUT2D eigenvalue weighted by Crippen LogP contribution is 2.34. The van der Waals surface area contributed by atoms with Gasteiger partial charge in [0, 0.05) is 4.88 Å². The second-order valence-electron chi connectivity index (χ2n) is 4.83. The maximum atomic E-state index is 12.2. The average molecular weight is 290 g/mol. The predicted molar refractivity (Wildman–Crippen MR) is 72.6 cm³/mol. The Labute approximate surface area is 115 Å². The van der Waals surface area contributed by atoms with E-state index < -0.39 is 5.97 Å². The number of aromatic carboxylic acids is 1.